The molecule has 0 amide bonds. The summed E-state index contributed by atoms with van der Waals surface area (Å²) in [5.74, 6) is 0.328. The Morgan fingerprint density at radius 1 is 1.24 bits per heavy atom. The van der Waals surface area contributed by atoms with Crippen LogP contribution in [0.5, 0.6) is 0 Å². The van der Waals surface area contributed by atoms with Gasteiger partial charge in [-0.05, 0) is 24.5 Å². The zero-order valence-corrected chi connectivity index (χ0v) is 13.1. The van der Waals surface area contributed by atoms with E-state index in [9.17, 15) is 5.11 Å². The summed E-state index contributed by atoms with van der Waals surface area (Å²) in [5, 5.41) is 11.5. The molecule has 0 aliphatic carbocycles. The van der Waals surface area contributed by atoms with Gasteiger partial charge < -0.3 is 10.8 Å². The minimum Gasteiger partial charge on any atom is -0.387 e. The van der Waals surface area contributed by atoms with Gasteiger partial charge in [0.2, 0.25) is 0 Å². The van der Waals surface area contributed by atoms with E-state index in [4.69, 9.17) is 17.3 Å². The molecule has 1 aromatic heterocycles. The fourth-order valence-corrected chi connectivity index (χ4v) is 3.12. The number of pyridine rings is 1. The monoisotopic (exact) mass is 304 g/mol. The molecule has 0 bridgehead atoms. The van der Waals surface area contributed by atoms with Crippen molar-refractivity contribution in [3.63, 3.8) is 0 Å². The molecule has 1 aromatic carbocycles. The predicted molar refractivity (Wildman–Crippen MR) is 87.3 cm³/mol. The Balaban J connectivity index is 2.54. The number of aliphatic hydroxyl groups excluding tert-OH is 1. The zero-order chi connectivity index (χ0) is 15.5. The summed E-state index contributed by atoms with van der Waals surface area (Å²) in [7, 11) is 0. The second kappa shape index (κ2) is 6.46. The third-order valence-electron chi connectivity index (χ3n) is 4.34. The topological polar surface area (TPSA) is 59.1 Å². The van der Waals surface area contributed by atoms with Crippen molar-refractivity contribution in [1.82, 2.24) is 4.98 Å². The van der Waals surface area contributed by atoms with Crippen LogP contribution < -0.4 is 5.73 Å². The molecule has 4 heteroatoms. The lowest BCUT2D eigenvalue weighted by molar-refractivity contribution is 0.0731. The molecule has 0 aliphatic heterocycles. The maximum atomic E-state index is 11.0. The first-order chi connectivity index (χ1) is 10.0. The Labute approximate surface area is 130 Å². The molecule has 2 aromatic rings. The van der Waals surface area contributed by atoms with Gasteiger partial charge >= 0.3 is 0 Å². The first-order valence-corrected chi connectivity index (χ1v) is 7.57. The van der Waals surface area contributed by atoms with Crippen molar-refractivity contribution >= 4 is 17.4 Å². The number of benzene rings is 1. The Kier molecular flexibility index (Phi) is 4.86. The predicted octanol–water partition coefficient (Wildman–Crippen LogP) is 4.11. The summed E-state index contributed by atoms with van der Waals surface area (Å²) in [5.41, 5.74) is 7.24. The van der Waals surface area contributed by atoms with Gasteiger partial charge in [0.05, 0.1) is 11.1 Å². The molecule has 0 radical (unpaired) electrons. The van der Waals surface area contributed by atoms with Gasteiger partial charge in [-0.3, -0.25) is 0 Å². The van der Waals surface area contributed by atoms with Crippen LogP contribution in [0.4, 0.5) is 5.82 Å². The summed E-state index contributed by atoms with van der Waals surface area (Å²) in [4.78, 5) is 4.06. The number of halogens is 1. The average Bonchev–Trinajstić information content (AvgIpc) is 2.52. The van der Waals surface area contributed by atoms with Crippen LogP contribution in [0.3, 0.4) is 0 Å². The van der Waals surface area contributed by atoms with Crippen molar-refractivity contribution in [1.29, 1.82) is 0 Å². The van der Waals surface area contributed by atoms with Crippen LogP contribution in [0.1, 0.15) is 43.9 Å². The van der Waals surface area contributed by atoms with E-state index in [0.717, 1.165) is 18.4 Å². The normalized spacial score (nSPS) is 13.1. The number of hydrogen-bond donors (Lipinski definition) is 2. The number of aromatic nitrogens is 1. The summed E-state index contributed by atoms with van der Waals surface area (Å²) >= 11 is 6.01. The lowest BCUT2D eigenvalue weighted by atomic mass is 9.69. The van der Waals surface area contributed by atoms with Crippen LogP contribution in [0.2, 0.25) is 5.02 Å². The standard InChI is InChI=1S/C17H21ClN2O/c1-3-17(4-2,12-8-6-5-7-9-12)15(21)14-10-13(18)11-20-16(14)19/h5-11,15,21H,3-4H2,1-2H3,(H2,19,20). The van der Waals surface area contributed by atoms with Gasteiger partial charge in [0, 0.05) is 17.2 Å². The van der Waals surface area contributed by atoms with Crippen molar-refractivity contribution in [3.8, 4) is 0 Å². The molecule has 0 saturated heterocycles. The SMILES string of the molecule is CCC(CC)(c1ccccc1)C(O)c1cc(Cl)cnc1N. The summed E-state index contributed by atoms with van der Waals surface area (Å²) in [6.07, 6.45) is 2.33. The minimum absolute atomic E-state index is 0.328. The van der Waals surface area contributed by atoms with E-state index in [1.807, 2.05) is 30.3 Å². The molecule has 1 atom stereocenters. The van der Waals surface area contributed by atoms with E-state index in [1.54, 1.807) is 6.07 Å². The van der Waals surface area contributed by atoms with Gasteiger partial charge in [-0.25, -0.2) is 4.98 Å². The van der Waals surface area contributed by atoms with Crippen molar-refractivity contribution in [2.45, 2.75) is 38.2 Å². The minimum atomic E-state index is -0.749. The van der Waals surface area contributed by atoms with Gasteiger partial charge in [-0.15, -0.1) is 0 Å². The van der Waals surface area contributed by atoms with Crippen LogP contribution in [0, 0.1) is 0 Å². The lowest BCUT2D eigenvalue weighted by Gasteiger charge is -2.37. The molecule has 3 N–H and O–H groups in total. The third kappa shape index (κ3) is 2.89. The molecule has 0 fully saturated rings. The Morgan fingerprint density at radius 2 is 1.86 bits per heavy atom. The fraction of sp³-hybridized carbons (Fsp3) is 0.353. The van der Waals surface area contributed by atoms with Gasteiger partial charge in [0.25, 0.3) is 0 Å². The maximum absolute atomic E-state index is 11.0. The second-order valence-corrected chi connectivity index (χ2v) is 5.70. The van der Waals surface area contributed by atoms with Crippen LogP contribution in [0.15, 0.2) is 42.6 Å². The van der Waals surface area contributed by atoms with E-state index in [0.29, 0.717) is 16.4 Å². The largest absolute Gasteiger partial charge is 0.387 e. The molecule has 3 nitrogen and oxygen atoms in total. The number of nitrogens with zero attached hydrogens (tertiary/aromatic N) is 1. The Morgan fingerprint density at radius 3 is 2.43 bits per heavy atom. The summed E-state index contributed by atoms with van der Waals surface area (Å²) in [6, 6.07) is 11.7. The smallest absolute Gasteiger partial charge is 0.129 e. The van der Waals surface area contributed by atoms with Crippen molar-refractivity contribution in [2.24, 2.45) is 0 Å². The van der Waals surface area contributed by atoms with Crippen molar-refractivity contribution < 1.29 is 5.11 Å². The van der Waals surface area contributed by atoms with Gasteiger partial charge in [-0.1, -0.05) is 55.8 Å². The van der Waals surface area contributed by atoms with E-state index >= 15 is 0 Å². The Hall–Kier alpha value is -1.58. The quantitative estimate of drug-likeness (QED) is 0.874. The number of nitrogen functional groups attached to an aromatic ring is 1. The molecule has 0 saturated carbocycles. The highest BCUT2D eigenvalue weighted by Crippen LogP contribution is 2.44. The van der Waals surface area contributed by atoms with E-state index in [2.05, 4.69) is 18.8 Å². The summed E-state index contributed by atoms with van der Waals surface area (Å²) in [6.45, 7) is 4.15. The highest BCUT2D eigenvalue weighted by molar-refractivity contribution is 6.30. The molecular weight excluding hydrogens is 284 g/mol. The molecule has 0 aliphatic rings. The average molecular weight is 305 g/mol. The van der Waals surface area contributed by atoms with Gasteiger partial charge in [0.15, 0.2) is 0 Å². The highest BCUT2D eigenvalue weighted by atomic mass is 35.5. The first kappa shape index (κ1) is 15.8. The van der Waals surface area contributed by atoms with Crippen LogP contribution in [-0.2, 0) is 5.41 Å². The number of anilines is 1. The fourth-order valence-electron chi connectivity index (χ4n) is 2.96. The molecule has 1 heterocycles. The van der Waals surface area contributed by atoms with E-state index in [-0.39, 0.29) is 0 Å². The zero-order valence-electron chi connectivity index (χ0n) is 12.4. The number of rotatable bonds is 5. The first-order valence-electron chi connectivity index (χ1n) is 7.19. The summed E-state index contributed by atoms with van der Waals surface area (Å²) < 4.78 is 0. The van der Waals surface area contributed by atoms with Gasteiger partial charge in [0.1, 0.15) is 5.82 Å². The van der Waals surface area contributed by atoms with Crippen molar-refractivity contribution in [2.75, 3.05) is 5.73 Å². The van der Waals surface area contributed by atoms with E-state index in [1.165, 1.54) is 6.20 Å². The van der Waals surface area contributed by atoms with Crippen LogP contribution in [0.25, 0.3) is 0 Å². The van der Waals surface area contributed by atoms with Crippen LogP contribution >= 0.6 is 11.6 Å². The lowest BCUT2D eigenvalue weighted by Crippen LogP contribution is -2.33. The third-order valence-corrected chi connectivity index (χ3v) is 4.55. The highest BCUT2D eigenvalue weighted by Gasteiger charge is 2.38. The van der Waals surface area contributed by atoms with Crippen molar-refractivity contribution in [3.05, 3.63) is 58.7 Å². The van der Waals surface area contributed by atoms with Gasteiger partial charge in [-0.2, -0.15) is 0 Å². The molecule has 0 spiro atoms. The number of nitrogens with two attached hydrogens (primary N) is 1. The molecule has 21 heavy (non-hydrogen) atoms. The molecule has 112 valence electrons. The second-order valence-electron chi connectivity index (χ2n) is 5.26. The van der Waals surface area contributed by atoms with Crippen LogP contribution in [-0.4, -0.2) is 10.1 Å². The maximum Gasteiger partial charge on any atom is 0.129 e. The molecular formula is C17H21ClN2O. The molecule has 2 rings (SSSR count). The number of aliphatic hydroxyl groups is 1. The van der Waals surface area contributed by atoms with E-state index < -0.39 is 11.5 Å². The Bertz CT molecular complexity index is 597. The molecule has 1 unspecified atom stereocenters. The number of hydrogen-bond acceptors (Lipinski definition) is 3.